The number of aryl methyl sites for hydroxylation is 1. The van der Waals surface area contributed by atoms with Gasteiger partial charge in [-0.15, -0.1) is 0 Å². The van der Waals surface area contributed by atoms with Crippen LogP contribution in [-0.2, 0) is 16.0 Å². The third-order valence-corrected chi connectivity index (χ3v) is 4.78. The maximum absolute atomic E-state index is 12.8. The highest BCUT2D eigenvalue weighted by atomic mass is 32.2. The van der Waals surface area contributed by atoms with Crippen LogP contribution in [0.25, 0.3) is 0 Å². The van der Waals surface area contributed by atoms with Gasteiger partial charge in [-0.05, 0) is 54.1 Å². The predicted molar refractivity (Wildman–Crippen MR) is 79.9 cm³/mol. The van der Waals surface area contributed by atoms with Gasteiger partial charge in [-0.3, -0.25) is 4.79 Å². The second kappa shape index (κ2) is 7.40. The molecule has 2 rings (SSSR count). The van der Waals surface area contributed by atoms with Gasteiger partial charge >= 0.3 is 11.5 Å². The zero-order valence-corrected chi connectivity index (χ0v) is 13.2. The summed E-state index contributed by atoms with van der Waals surface area (Å²) in [6, 6.07) is 5.00. The number of esters is 1. The minimum absolute atomic E-state index is 0.0478. The Hall–Kier alpha value is -1.17. The summed E-state index contributed by atoms with van der Waals surface area (Å²) < 4.78 is 43.0. The number of hydrogen-bond donors (Lipinski definition) is 0. The monoisotopic (exact) mass is 332 g/mol. The average molecular weight is 332 g/mol. The van der Waals surface area contributed by atoms with Crippen LogP contribution in [0.3, 0.4) is 0 Å². The minimum atomic E-state index is -4.30. The molecule has 1 aliphatic rings. The standard InChI is InChI=1S/C16H19F3O2S/c1-21-14(20)10-9-12-7-4-8-13(22-16(17,18)19)15(12)11-5-2-3-6-11/h4,7-8,11H,2-3,5-6,9-10H2,1H3. The summed E-state index contributed by atoms with van der Waals surface area (Å²) in [5.41, 5.74) is -2.67. The van der Waals surface area contributed by atoms with Crippen molar-refractivity contribution >= 4 is 17.7 Å². The summed E-state index contributed by atoms with van der Waals surface area (Å²) >= 11 is -0.0478. The van der Waals surface area contributed by atoms with Crippen molar-refractivity contribution in [2.24, 2.45) is 0 Å². The first-order valence-electron chi connectivity index (χ1n) is 7.35. The largest absolute Gasteiger partial charge is 0.469 e. The van der Waals surface area contributed by atoms with Crippen LogP contribution in [-0.4, -0.2) is 18.6 Å². The number of alkyl halides is 3. The third kappa shape index (κ3) is 4.66. The van der Waals surface area contributed by atoms with Crippen LogP contribution in [0.1, 0.15) is 49.1 Å². The summed E-state index contributed by atoms with van der Waals surface area (Å²) in [6.45, 7) is 0. The van der Waals surface area contributed by atoms with Crippen molar-refractivity contribution in [2.75, 3.05) is 7.11 Å². The maximum atomic E-state index is 12.8. The molecule has 1 aromatic rings. The van der Waals surface area contributed by atoms with E-state index in [4.69, 9.17) is 0 Å². The molecule has 0 saturated heterocycles. The molecule has 1 fully saturated rings. The summed E-state index contributed by atoms with van der Waals surface area (Å²) in [5.74, 6) is -0.176. The Balaban J connectivity index is 2.30. The number of halogens is 3. The van der Waals surface area contributed by atoms with Crippen molar-refractivity contribution in [3.05, 3.63) is 29.3 Å². The molecule has 0 aromatic heterocycles. The van der Waals surface area contributed by atoms with E-state index in [0.29, 0.717) is 6.42 Å². The Morgan fingerprint density at radius 3 is 2.59 bits per heavy atom. The second-order valence-electron chi connectivity index (χ2n) is 5.43. The van der Waals surface area contributed by atoms with Gasteiger partial charge in [0.2, 0.25) is 0 Å². The fourth-order valence-corrected chi connectivity index (χ4v) is 3.84. The highest BCUT2D eigenvalue weighted by Crippen LogP contribution is 2.45. The van der Waals surface area contributed by atoms with Gasteiger partial charge < -0.3 is 4.74 Å². The number of rotatable bonds is 5. The lowest BCUT2D eigenvalue weighted by Gasteiger charge is -2.20. The molecule has 22 heavy (non-hydrogen) atoms. The van der Waals surface area contributed by atoms with Crippen molar-refractivity contribution < 1.29 is 22.7 Å². The maximum Gasteiger partial charge on any atom is 0.446 e. The molecular weight excluding hydrogens is 313 g/mol. The van der Waals surface area contributed by atoms with Crippen molar-refractivity contribution in [1.82, 2.24) is 0 Å². The average Bonchev–Trinajstić information content (AvgIpc) is 2.96. The number of carbonyl (C=O) groups excluding carboxylic acids is 1. The molecule has 0 heterocycles. The zero-order valence-electron chi connectivity index (χ0n) is 12.4. The van der Waals surface area contributed by atoms with Crippen LogP contribution in [0.15, 0.2) is 23.1 Å². The summed E-state index contributed by atoms with van der Waals surface area (Å²) in [4.78, 5) is 11.6. The molecule has 0 unspecified atom stereocenters. The van der Waals surface area contributed by atoms with E-state index < -0.39 is 5.51 Å². The van der Waals surface area contributed by atoms with E-state index in [1.54, 1.807) is 6.07 Å². The van der Waals surface area contributed by atoms with Crippen LogP contribution in [0.5, 0.6) is 0 Å². The first kappa shape index (κ1) is 17.2. The number of methoxy groups -OCH3 is 1. The van der Waals surface area contributed by atoms with Gasteiger partial charge in [0, 0.05) is 11.3 Å². The molecule has 1 aromatic carbocycles. The molecule has 1 saturated carbocycles. The normalized spacial score (nSPS) is 16.0. The first-order chi connectivity index (χ1) is 10.4. The summed E-state index contributed by atoms with van der Waals surface area (Å²) in [7, 11) is 1.32. The molecular formula is C16H19F3O2S. The molecule has 122 valence electrons. The smallest absolute Gasteiger partial charge is 0.446 e. The van der Waals surface area contributed by atoms with Crippen LogP contribution >= 0.6 is 11.8 Å². The molecule has 6 heteroatoms. The molecule has 0 bridgehead atoms. The fourth-order valence-electron chi connectivity index (χ4n) is 3.04. The van der Waals surface area contributed by atoms with E-state index in [-0.39, 0.29) is 35.0 Å². The highest BCUT2D eigenvalue weighted by molar-refractivity contribution is 8.00. The lowest BCUT2D eigenvalue weighted by molar-refractivity contribution is -0.140. The molecule has 0 N–H and O–H groups in total. The second-order valence-corrected chi connectivity index (χ2v) is 6.54. The van der Waals surface area contributed by atoms with Crippen molar-refractivity contribution in [3.8, 4) is 0 Å². The lowest BCUT2D eigenvalue weighted by atomic mass is 9.91. The molecule has 2 nitrogen and oxygen atoms in total. The van der Waals surface area contributed by atoms with Gasteiger partial charge in [0.05, 0.1) is 7.11 Å². The van der Waals surface area contributed by atoms with Crippen LogP contribution in [0.4, 0.5) is 13.2 Å². The number of carbonyl (C=O) groups is 1. The van der Waals surface area contributed by atoms with E-state index >= 15 is 0 Å². The van der Waals surface area contributed by atoms with E-state index in [0.717, 1.165) is 36.8 Å². The summed E-state index contributed by atoms with van der Waals surface area (Å²) in [6.07, 6.45) is 4.54. The Morgan fingerprint density at radius 1 is 1.32 bits per heavy atom. The summed E-state index contributed by atoms with van der Waals surface area (Å²) in [5, 5.41) is 0. The quantitative estimate of drug-likeness (QED) is 0.557. The van der Waals surface area contributed by atoms with Crippen molar-refractivity contribution in [3.63, 3.8) is 0 Å². The van der Waals surface area contributed by atoms with Crippen LogP contribution < -0.4 is 0 Å². The third-order valence-electron chi connectivity index (χ3n) is 3.97. The van der Waals surface area contributed by atoms with Gasteiger partial charge in [-0.2, -0.15) is 13.2 Å². The lowest BCUT2D eigenvalue weighted by Crippen LogP contribution is -2.08. The van der Waals surface area contributed by atoms with Crippen LogP contribution in [0.2, 0.25) is 0 Å². The zero-order chi connectivity index (χ0) is 16.2. The molecule has 1 aliphatic carbocycles. The van der Waals surface area contributed by atoms with Crippen molar-refractivity contribution in [1.29, 1.82) is 0 Å². The van der Waals surface area contributed by atoms with Crippen LogP contribution in [0, 0.1) is 0 Å². The molecule has 0 spiro atoms. The molecule has 0 radical (unpaired) electrons. The number of thioether (sulfide) groups is 1. The van der Waals surface area contributed by atoms with E-state index in [1.165, 1.54) is 13.2 Å². The van der Waals surface area contributed by atoms with Crippen molar-refractivity contribution in [2.45, 2.75) is 54.8 Å². The predicted octanol–water partition coefficient (Wildman–Crippen LogP) is 5.06. The van der Waals surface area contributed by atoms with E-state index in [1.807, 2.05) is 6.07 Å². The first-order valence-corrected chi connectivity index (χ1v) is 8.16. The molecule has 0 aliphatic heterocycles. The Kier molecular flexibility index (Phi) is 5.78. The SMILES string of the molecule is COC(=O)CCc1cccc(SC(F)(F)F)c1C1CCCC1. The van der Waals surface area contributed by atoms with E-state index in [9.17, 15) is 18.0 Å². The number of benzene rings is 1. The Morgan fingerprint density at radius 2 is 2.00 bits per heavy atom. The number of ether oxygens (including phenoxy) is 1. The molecule has 0 atom stereocenters. The number of hydrogen-bond acceptors (Lipinski definition) is 3. The Bertz CT molecular complexity index is 523. The Labute approximate surface area is 132 Å². The van der Waals surface area contributed by atoms with Gasteiger partial charge in [-0.25, -0.2) is 0 Å². The fraction of sp³-hybridized carbons (Fsp3) is 0.562. The molecule has 0 amide bonds. The van der Waals surface area contributed by atoms with Gasteiger partial charge in [-0.1, -0.05) is 25.0 Å². The highest BCUT2D eigenvalue weighted by Gasteiger charge is 2.33. The van der Waals surface area contributed by atoms with Gasteiger partial charge in [0.15, 0.2) is 0 Å². The van der Waals surface area contributed by atoms with Gasteiger partial charge in [0.25, 0.3) is 0 Å². The minimum Gasteiger partial charge on any atom is -0.469 e. The van der Waals surface area contributed by atoms with E-state index in [2.05, 4.69) is 4.74 Å². The topological polar surface area (TPSA) is 26.3 Å². The van der Waals surface area contributed by atoms with Gasteiger partial charge in [0.1, 0.15) is 0 Å².